The molecule has 2 aliphatic rings. The van der Waals surface area contributed by atoms with E-state index in [9.17, 15) is 8.78 Å². The van der Waals surface area contributed by atoms with Gasteiger partial charge in [0.25, 0.3) is 0 Å². The van der Waals surface area contributed by atoms with Crippen LogP contribution in [0.2, 0.25) is 0 Å². The minimum absolute atomic E-state index is 0.0214. The van der Waals surface area contributed by atoms with Crippen molar-refractivity contribution in [3.8, 4) is 11.5 Å². The molecule has 1 fully saturated rings. The summed E-state index contributed by atoms with van der Waals surface area (Å²) in [6.45, 7) is 1.48. The molecule has 1 aliphatic carbocycles. The summed E-state index contributed by atoms with van der Waals surface area (Å²) in [4.78, 5) is 6.56. The summed E-state index contributed by atoms with van der Waals surface area (Å²) >= 11 is 0. The first kappa shape index (κ1) is 19.5. The Kier molecular flexibility index (Phi) is 5.30. The van der Waals surface area contributed by atoms with Crippen molar-refractivity contribution in [2.24, 2.45) is 4.99 Å². The molecule has 0 saturated heterocycles. The van der Waals surface area contributed by atoms with Gasteiger partial charge in [-0.15, -0.1) is 0 Å². The van der Waals surface area contributed by atoms with Crippen LogP contribution in [0.25, 0.3) is 0 Å². The van der Waals surface area contributed by atoms with E-state index in [0.717, 1.165) is 30.2 Å². The number of halogens is 2. The zero-order valence-corrected chi connectivity index (χ0v) is 16.8. The normalized spacial score (nSPS) is 20.9. The highest BCUT2D eigenvalue weighted by Gasteiger charge is 2.43. The van der Waals surface area contributed by atoms with Crippen molar-refractivity contribution in [2.75, 3.05) is 27.8 Å². The summed E-state index contributed by atoms with van der Waals surface area (Å²) in [7, 11) is 4.99. The number of rotatable bonds is 4. The first-order valence-corrected chi connectivity index (χ1v) is 9.71. The Morgan fingerprint density at radius 3 is 2.38 bits per heavy atom. The molecule has 2 unspecified atom stereocenters. The van der Waals surface area contributed by atoms with Crippen LogP contribution in [0.4, 0.5) is 8.78 Å². The molecular formula is C22H25F2N3O2. The number of nitrogens with one attached hydrogen (secondary N) is 1. The van der Waals surface area contributed by atoms with Crippen molar-refractivity contribution in [2.45, 2.75) is 31.3 Å². The summed E-state index contributed by atoms with van der Waals surface area (Å²) in [5, 5.41) is 3.38. The maximum Gasteiger partial charge on any atom is 0.194 e. The van der Waals surface area contributed by atoms with Crippen LogP contribution in [0.15, 0.2) is 35.3 Å². The van der Waals surface area contributed by atoms with Gasteiger partial charge in [0.2, 0.25) is 0 Å². The Morgan fingerprint density at radius 1 is 1.10 bits per heavy atom. The molecule has 2 aromatic rings. The third-order valence-corrected chi connectivity index (χ3v) is 5.70. The lowest BCUT2D eigenvalue weighted by Crippen LogP contribution is -2.45. The van der Waals surface area contributed by atoms with Gasteiger partial charge in [-0.1, -0.05) is 6.07 Å². The molecule has 2 atom stereocenters. The second-order valence-electron chi connectivity index (χ2n) is 7.42. The smallest absolute Gasteiger partial charge is 0.194 e. The zero-order valence-electron chi connectivity index (χ0n) is 16.8. The number of benzene rings is 2. The minimum Gasteiger partial charge on any atom is -0.493 e. The van der Waals surface area contributed by atoms with Gasteiger partial charge in [0.05, 0.1) is 14.2 Å². The fraction of sp³-hybridized carbons (Fsp3) is 0.409. The van der Waals surface area contributed by atoms with Gasteiger partial charge in [0.1, 0.15) is 11.6 Å². The molecule has 0 radical (unpaired) electrons. The van der Waals surface area contributed by atoms with Crippen molar-refractivity contribution < 1.29 is 18.3 Å². The highest BCUT2D eigenvalue weighted by atomic mass is 19.1. The molecular weight excluding hydrogens is 376 g/mol. The highest BCUT2D eigenvalue weighted by molar-refractivity contribution is 5.81. The molecule has 2 aromatic carbocycles. The first-order valence-electron chi connectivity index (χ1n) is 9.71. The Balaban J connectivity index is 1.47. The Labute approximate surface area is 169 Å². The van der Waals surface area contributed by atoms with Crippen LogP contribution < -0.4 is 14.8 Å². The number of nitrogens with zero attached hydrogens (tertiary/aromatic N) is 2. The number of aliphatic imine (C=N–C) groups is 1. The number of guanidine groups is 1. The summed E-state index contributed by atoms with van der Waals surface area (Å²) in [5.41, 5.74) is 2.55. The molecule has 1 heterocycles. The molecule has 0 bridgehead atoms. The SMILES string of the molecule is CN=C(NC1CC1c1c(F)cccc1F)N1CCc2cc(OC)c(OC)cc2C1. The van der Waals surface area contributed by atoms with Gasteiger partial charge >= 0.3 is 0 Å². The van der Waals surface area contributed by atoms with Crippen molar-refractivity contribution in [3.63, 3.8) is 0 Å². The van der Waals surface area contributed by atoms with Crippen LogP contribution in [0.5, 0.6) is 11.5 Å². The molecule has 1 N–H and O–H groups in total. The molecule has 1 aliphatic heterocycles. The maximum absolute atomic E-state index is 14.1. The molecule has 4 rings (SSSR count). The van der Waals surface area contributed by atoms with Gasteiger partial charge in [-0.25, -0.2) is 8.78 Å². The fourth-order valence-corrected chi connectivity index (χ4v) is 4.07. The maximum atomic E-state index is 14.1. The Hall–Kier alpha value is -2.83. The van der Waals surface area contributed by atoms with E-state index in [2.05, 4.69) is 15.2 Å². The van der Waals surface area contributed by atoms with E-state index in [1.54, 1.807) is 21.3 Å². The first-order chi connectivity index (χ1) is 14.0. The zero-order chi connectivity index (χ0) is 20.5. The van der Waals surface area contributed by atoms with E-state index >= 15 is 0 Å². The lowest BCUT2D eigenvalue weighted by atomic mass is 9.99. The predicted molar refractivity (Wildman–Crippen MR) is 108 cm³/mol. The van der Waals surface area contributed by atoms with Crippen LogP contribution in [-0.2, 0) is 13.0 Å². The largest absolute Gasteiger partial charge is 0.493 e. The number of hydrogen-bond donors (Lipinski definition) is 1. The third-order valence-electron chi connectivity index (χ3n) is 5.70. The highest BCUT2D eigenvalue weighted by Crippen LogP contribution is 2.43. The molecule has 0 spiro atoms. The minimum atomic E-state index is -0.484. The summed E-state index contributed by atoms with van der Waals surface area (Å²) in [5.74, 6) is 1.04. The summed E-state index contributed by atoms with van der Waals surface area (Å²) in [6, 6.07) is 8.03. The van der Waals surface area contributed by atoms with Crippen LogP contribution in [0.1, 0.15) is 29.0 Å². The Bertz CT molecular complexity index is 928. The van der Waals surface area contributed by atoms with Crippen LogP contribution in [0.3, 0.4) is 0 Å². The van der Waals surface area contributed by atoms with Crippen molar-refractivity contribution in [3.05, 3.63) is 58.7 Å². The van der Waals surface area contributed by atoms with Crippen molar-refractivity contribution >= 4 is 5.96 Å². The number of ether oxygens (including phenoxy) is 2. The van der Waals surface area contributed by atoms with Gasteiger partial charge in [-0.3, -0.25) is 4.99 Å². The van der Waals surface area contributed by atoms with E-state index in [1.807, 2.05) is 12.1 Å². The van der Waals surface area contributed by atoms with E-state index in [1.165, 1.54) is 23.8 Å². The van der Waals surface area contributed by atoms with E-state index in [0.29, 0.717) is 18.7 Å². The molecule has 29 heavy (non-hydrogen) atoms. The van der Waals surface area contributed by atoms with Crippen molar-refractivity contribution in [1.29, 1.82) is 0 Å². The molecule has 5 nitrogen and oxygen atoms in total. The number of fused-ring (bicyclic) bond motifs is 1. The Morgan fingerprint density at radius 2 is 1.76 bits per heavy atom. The molecule has 1 saturated carbocycles. The lowest BCUT2D eigenvalue weighted by molar-refractivity contribution is 0.345. The second kappa shape index (κ2) is 7.89. The van der Waals surface area contributed by atoms with Crippen molar-refractivity contribution in [1.82, 2.24) is 10.2 Å². The van der Waals surface area contributed by atoms with Gasteiger partial charge in [-0.05, 0) is 48.2 Å². The van der Waals surface area contributed by atoms with Crippen LogP contribution >= 0.6 is 0 Å². The standard InChI is InChI=1S/C22H25F2N3O2/c1-25-22(26-18-11-15(18)21-16(23)5-4-6-17(21)24)27-8-7-13-9-19(28-2)20(29-3)10-14(13)12-27/h4-6,9-10,15,18H,7-8,11-12H2,1-3H3,(H,25,26). The number of hydrogen-bond acceptors (Lipinski definition) is 3. The predicted octanol–water partition coefficient (Wildman–Crippen LogP) is 3.47. The van der Waals surface area contributed by atoms with Gasteiger partial charge in [0.15, 0.2) is 17.5 Å². The number of methoxy groups -OCH3 is 2. The molecule has 7 heteroatoms. The van der Waals surface area contributed by atoms with E-state index in [-0.39, 0.29) is 17.5 Å². The van der Waals surface area contributed by atoms with Gasteiger partial charge in [-0.2, -0.15) is 0 Å². The molecule has 0 amide bonds. The summed E-state index contributed by atoms with van der Waals surface area (Å²) < 4.78 is 38.9. The van der Waals surface area contributed by atoms with Crippen LogP contribution in [-0.4, -0.2) is 44.7 Å². The monoisotopic (exact) mass is 401 g/mol. The topological polar surface area (TPSA) is 46.1 Å². The molecule has 0 aromatic heterocycles. The molecule has 154 valence electrons. The fourth-order valence-electron chi connectivity index (χ4n) is 4.07. The van der Waals surface area contributed by atoms with Crippen LogP contribution in [0, 0.1) is 11.6 Å². The average molecular weight is 401 g/mol. The second-order valence-corrected chi connectivity index (χ2v) is 7.42. The van der Waals surface area contributed by atoms with Gasteiger partial charge in [0, 0.05) is 37.7 Å². The average Bonchev–Trinajstić information content (AvgIpc) is 3.49. The summed E-state index contributed by atoms with van der Waals surface area (Å²) in [6.07, 6.45) is 1.54. The third kappa shape index (κ3) is 3.73. The lowest BCUT2D eigenvalue weighted by Gasteiger charge is -2.32. The van der Waals surface area contributed by atoms with E-state index in [4.69, 9.17) is 9.47 Å². The van der Waals surface area contributed by atoms with E-state index < -0.39 is 11.6 Å². The quantitative estimate of drug-likeness (QED) is 0.630. The van der Waals surface area contributed by atoms with Gasteiger partial charge < -0.3 is 19.7 Å².